The molecule has 0 amide bonds. The lowest BCUT2D eigenvalue weighted by Gasteiger charge is -2.41. The Hall–Kier alpha value is -2.03. The van der Waals surface area contributed by atoms with Crippen LogP contribution in [0.25, 0.3) is 0 Å². The maximum atomic E-state index is 6.10. The number of rotatable bonds is 8. The van der Waals surface area contributed by atoms with Gasteiger partial charge in [0.15, 0.2) is 0 Å². The van der Waals surface area contributed by atoms with Crippen molar-refractivity contribution in [3.8, 4) is 0 Å². The Bertz CT molecular complexity index is 639. The summed E-state index contributed by atoms with van der Waals surface area (Å²) in [5, 5.41) is 0. The van der Waals surface area contributed by atoms with Crippen molar-refractivity contribution in [3.63, 3.8) is 0 Å². The van der Waals surface area contributed by atoms with Crippen molar-refractivity contribution in [3.05, 3.63) is 108 Å². The summed E-state index contributed by atoms with van der Waals surface area (Å²) in [6, 6.07) is 32.7. The molecule has 130 valence electrons. The summed E-state index contributed by atoms with van der Waals surface area (Å²) in [4.78, 5) is 0. The number of hydrogen-bond acceptors (Lipinski definition) is 1. The monoisotopic (exact) mass is 349 g/mol. The van der Waals surface area contributed by atoms with E-state index in [0.717, 1.165) is 29.6 Å². The summed E-state index contributed by atoms with van der Waals surface area (Å²) in [6.07, 6.45) is 0. The Morgan fingerprint density at radius 1 is 0.520 bits per heavy atom. The van der Waals surface area contributed by atoms with Crippen molar-refractivity contribution in [2.45, 2.75) is 17.3 Å². The normalized spacial score (nSPS) is 12.0. The summed E-state index contributed by atoms with van der Waals surface area (Å²) in [6.45, 7) is 0.752. The smallest absolute Gasteiger partial charge is 0.00315 e. The highest BCUT2D eigenvalue weighted by Gasteiger charge is 2.25. The maximum Gasteiger partial charge on any atom is 0.00315 e. The van der Waals surface area contributed by atoms with Gasteiger partial charge in [-0.3, -0.25) is 0 Å². The van der Waals surface area contributed by atoms with Gasteiger partial charge in [-0.15, -0.1) is 0 Å². The zero-order valence-corrected chi connectivity index (χ0v) is 15.5. The molecule has 3 aromatic carbocycles. The molecule has 0 spiro atoms. The minimum Gasteiger partial charge on any atom is -0.330 e. The highest BCUT2D eigenvalue weighted by atomic mass is 32.3. The van der Waals surface area contributed by atoms with Gasteiger partial charge in [-0.1, -0.05) is 91.0 Å². The van der Waals surface area contributed by atoms with Crippen LogP contribution in [0, 0.1) is 0 Å². The van der Waals surface area contributed by atoms with Crippen LogP contribution in [-0.2, 0) is 17.3 Å². The first-order valence-corrected chi connectivity index (χ1v) is 11.2. The number of hydrogen-bond donors (Lipinski definition) is 1. The Balaban J connectivity index is 1.94. The molecule has 25 heavy (non-hydrogen) atoms. The van der Waals surface area contributed by atoms with E-state index >= 15 is 0 Å². The van der Waals surface area contributed by atoms with Crippen LogP contribution < -0.4 is 5.73 Å². The molecule has 1 nitrogen and oxygen atoms in total. The second-order valence-electron chi connectivity index (χ2n) is 6.61. The summed E-state index contributed by atoms with van der Waals surface area (Å²) in [5.41, 5.74) is 10.4. The fourth-order valence-electron chi connectivity index (χ4n) is 3.40. The summed E-state index contributed by atoms with van der Waals surface area (Å²) in [7, 11) is -0.931. The molecule has 3 aromatic rings. The van der Waals surface area contributed by atoms with Crippen molar-refractivity contribution >= 4 is 10.0 Å². The van der Waals surface area contributed by atoms with Crippen molar-refractivity contribution in [1.82, 2.24) is 0 Å². The van der Waals surface area contributed by atoms with Crippen LogP contribution >= 0.6 is 10.0 Å². The molecule has 3 rings (SSSR count). The van der Waals surface area contributed by atoms with Gasteiger partial charge in [-0.2, -0.15) is 0 Å². The van der Waals surface area contributed by atoms with Crippen LogP contribution in [-0.4, -0.2) is 12.3 Å². The first-order valence-electron chi connectivity index (χ1n) is 8.86. The van der Waals surface area contributed by atoms with Crippen molar-refractivity contribution < 1.29 is 0 Å². The van der Waals surface area contributed by atoms with Gasteiger partial charge in [0.05, 0.1) is 0 Å². The van der Waals surface area contributed by atoms with E-state index in [9.17, 15) is 0 Å². The molecule has 0 saturated carbocycles. The quantitative estimate of drug-likeness (QED) is 0.583. The molecule has 0 aliphatic rings. The Labute approximate surface area is 153 Å². The summed E-state index contributed by atoms with van der Waals surface area (Å²) < 4.78 is 0. The zero-order chi connectivity index (χ0) is 17.4. The molecule has 0 radical (unpaired) electrons. The third kappa shape index (κ3) is 5.22. The Morgan fingerprint density at radius 3 is 1.12 bits per heavy atom. The highest BCUT2D eigenvalue weighted by Crippen LogP contribution is 2.56. The van der Waals surface area contributed by atoms with E-state index in [1.807, 2.05) is 0 Å². The van der Waals surface area contributed by atoms with Gasteiger partial charge >= 0.3 is 0 Å². The fourth-order valence-corrected chi connectivity index (χ4v) is 7.34. The first kappa shape index (κ1) is 17.8. The molecular formula is C23H27NS. The average molecular weight is 350 g/mol. The summed E-state index contributed by atoms with van der Waals surface area (Å²) in [5.74, 6) is 4.50. The molecule has 0 bridgehead atoms. The van der Waals surface area contributed by atoms with Crippen LogP contribution in [0.2, 0.25) is 0 Å². The topological polar surface area (TPSA) is 26.0 Å². The van der Waals surface area contributed by atoms with E-state index in [1.54, 1.807) is 0 Å². The van der Waals surface area contributed by atoms with Crippen molar-refractivity contribution in [2.24, 2.45) is 5.73 Å². The molecule has 2 heteroatoms. The lowest BCUT2D eigenvalue weighted by Crippen LogP contribution is -2.19. The third-order valence-electron chi connectivity index (χ3n) is 4.50. The van der Waals surface area contributed by atoms with Crippen LogP contribution in [0.15, 0.2) is 91.0 Å². The fraction of sp³-hybridized carbons (Fsp3) is 0.217. The maximum absolute atomic E-state index is 6.10. The molecule has 0 heterocycles. The van der Waals surface area contributed by atoms with Crippen LogP contribution in [0.3, 0.4) is 0 Å². The minimum absolute atomic E-state index is 0.752. The first-order chi connectivity index (χ1) is 12.3. The van der Waals surface area contributed by atoms with Gasteiger partial charge < -0.3 is 5.73 Å². The van der Waals surface area contributed by atoms with E-state index in [4.69, 9.17) is 5.73 Å². The molecular weight excluding hydrogens is 322 g/mol. The van der Waals surface area contributed by atoms with Gasteiger partial charge in [0, 0.05) is 17.3 Å². The SMILES string of the molecule is NCCS(Cc1ccccc1)(Cc1ccccc1)Cc1ccccc1. The molecule has 0 saturated heterocycles. The largest absolute Gasteiger partial charge is 0.330 e. The highest BCUT2D eigenvalue weighted by molar-refractivity contribution is 8.31. The van der Waals surface area contributed by atoms with Crippen molar-refractivity contribution in [1.29, 1.82) is 0 Å². The van der Waals surface area contributed by atoms with E-state index in [0.29, 0.717) is 0 Å². The van der Waals surface area contributed by atoms with Gasteiger partial charge in [0.1, 0.15) is 0 Å². The average Bonchev–Trinajstić information content (AvgIpc) is 2.64. The number of nitrogens with two attached hydrogens (primary N) is 1. The molecule has 0 aliphatic heterocycles. The molecule has 0 aromatic heterocycles. The van der Waals surface area contributed by atoms with E-state index in [2.05, 4.69) is 91.0 Å². The van der Waals surface area contributed by atoms with Crippen LogP contribution in [0.1, 0.15) is 16.7 Å². The van der Waals surface area contributed by atoms with Crippen LogP contribution in [0.4, 0.5) is 0 Å². The standard InChI is InChI=1S/C23H27NS/c24-16-17-25(18-21-10-4-1-5-11-21,19-22-12-6-2-7-13-22)20-23-14-8-3-9-15-23/h1-15H,16-20,24H2. The van der Waals surface area contributed by atoms with Gasteiger partial charge in [0.2, 0.25) is 0 Å². The number of benzene rings is 3. The molecule has 0 fully saturated rings. The molecule has 0 aliphatic carbocycles. The Morgan fingerprint density at radius 2 is 0.840 bits per heavy atom. The lowest BCUT2D eigenvalue weighted by atomic mass is 10.2. The van der Waals surface area contributed by atoms with Crippen LogP contribution in [0.5, 0.6) is 0 Å². The minimum atomic E-state index is -0.931. The predicted molar refractivity (Wildman–Crippen MR) is 112 cm³/mol. The van der Waals surface area contributed by atoms with E-state index in [-0.39, 0.29) is 0 Å². The molecule has 2 N–H and O–H groups in total. The van der Waals surface area contributed by atoms with E-state index < -0.39 is 10.0 Å². The summed E-state index contributed by atoms with van der Waals surface area (Å²) >= 11 is 0. The Kier molecular flexibility index (Phi) is 6.32. The van der Waals surface area contributed by atoms with Gasteiger partial charge in [0.25, 0.3) is 0 Å². The van der Waals surface area contributed by atoms with Gasteiger partial charge in [-0.25, -0.2) is 10.0 Å². The predicted octanol–water partition coefficient (Wildman–Crippen LogP) is 5.35. The zero-order valence-electron chi connectivity index (χ0n) is 14.7. The third-order valence-corrected chi connectivity index (χ3v) is 8.44. The van der Waals surface area contributed by atoms with Crippen molar-refractivity contribution in [2.75, 3.05) is 12.3 Å². The second kappa shape index (κ2) is 8.89. The second-order valence-corrected chi connectivity index (χ2v) is 10.3. The van der Waals surface area contributed by atoms with Gasteiger partial charge in [-0.05, 0) is 29.0 Å². The lowest BCUT2D eigenvalue weighted by molar-refractivity contribution is 1.11. The molecule has 0 unspecified atom stereocenters. The van der Waals surface area contributed by atoms with E-state index in [1.165, 1.54) is 16.7 Å². The molecule has 0 atom stereocenters.